The van der Waals surface area contributed by atoms with E-state index in [9.17, 15) is 8.42 Å². The fourth-order valence-electron chi connectivity index (χ4n) is 1.70. The summed E-state index contributed by atoms with van der Waals surface area (Å²) in [4.78, 5) is 9.99. The SMILES string of the molecule is CCCNc1ncc(S(=O)(=O)NC(C)CN(C)C)cn1. The summed E-state index contributed by atoms with van der Waals surface area (Å²) in [5.41, 5.74) is 0. The van der Waals surface area contributed by atoms with Crippen molar-refractivity contribution in [2.45, 2.75) is 31.2 Å². The van der Waals surface area contributed by atoms with Crippen molar-refractivity contribution in [1.29, 1.82) is 0 Å². The van der Waals surface area contributed by atoms with Gasteiger partial charge in [0.1, 0.15) is 4.90 Å². The van der Waals surface area contributed by atoms with E-state index in [2.05, 4.69) is 20.0 Å². The first kappa shape index (κ1) is 16.8. The Morgan fingerprint density at radius 1 is 1.30 bits per heavy atom. The average Bonchev–Trinajstić information content (AvgIpc) is 2.35. The third-order valence-electron chi connectivity index (χ3n) is 2.47. The van der Waals surface area contributed by atoms with Crippen molar-refractivity contribution in [3.05, 3.63) is 12.4 Å². The summed E-state index contributed by atoms with van der Waals surface area (Å²) in [6.07, 6.45) is 3.58. The maximum absolute atomic E-state index is 12.1. The Morgan fingerprint density at radius 2 is 1.90 bits per heavy atom. The molecule has 20 heavy (non-hydrogen) atoms. The molecule has 0 aliphatic carbocycles. The van der Waals surface area contributed by atoms with Crippen molar-refractivity contribution < 1.29 is 8.42 Å². The van der Waals surface area contributed by atoms with Crippen LogP contribution in [0, 0.1) is 0 Å². The quantitative estimate of drug-likeness (QED) is 0.728. The summed E-state index contributed by atoms with van der Waals surface area (Å²) in [5.74, 6) is 0.437. The number of nitrogens with zero attached hydrogens (tertiary/aromatic N) is 3. The van der Waals surface area contributed by atoms with E-state index in [-0.39, 0.29) is 10.9 Å². The number of nitrogens with one attached hydrogen (secondary N) is 2. The van der Waals surface area contributed by atoms with Gasteiger partial charge in [-0.1, -0.05) is 6.92 Å². The zero-order chi connectivity index (χ0) is 15.2. The summed E-state index contributed by atoms with van der Waals surface area (Å²) in [6, 6.07) is -0.187. The second-order valence-electron chi connectivity index (χ2n) is 4.95. The molecule has 1 rings (SSSR count). The molecule has 1 heterocycles. The first-order chi connectivity index (χ1) is 9.35. The number of rotatable bonds is 8. The van der Waals surface area contributed by atoms with E-state index in [1.807, 2.05) is 32.8 Å². The van der Waals surface area contributed by atoms with Crippen LogP contribution in [-0.4, -0.2) is 56.5 Å². The van der Waals surface area contributed by atoms with E-state index < -0.39 is 10.0 Å². The molecule has 0 spiro atoms. The molecule has 0 saturated carbocycles. The molecule has 8 heteroatoms. The molecule has 2 N–H and O–H groups in total. The number of hydrogen-bond acceptors (Lipinski definition) is 6. The minimum Gasteiger partial charge on any atom is -0.354 e. The third-order valence-corrected chi connectivity index (χ3v) is 4.01. The summed E-state index contributed by atoms with van der Waals surface area (Å²) < 4.78 is 26.8. The monoisotopic (exact) mass is 301 g/mol. The zero-order valence-corrected chi connectivity index (χ0v) is 13.2. The van der Waals surface area contributed by atoms with Crippen LogP contribution in [0.1, 0.15) is 20.3 Å². The van der Waals surface area contributed by atoms with Gasteiger partial charge in [0.2, 0.25) is 16.0 Å². The largest absolute Gasteiger partial charge is 0.354 e. The van der Waals surface area contributed by atoms with Gasteiger partial charge >= 0.3 is 0 Å². The topological polar surface area (TPSA) is 87.2 Å². The lowest BCUT2D eigenvalue weighted by molar-refractivity contribution is 0.370. The third kappa shape index (κ3) is 5.40. The van der Waals surface area contributed by atoms with Crippen LogP contribution in [0.4, 0.5) is 5.95 Å². The molecular formula is C12H23N5O2S. The Morgan fingerprint density at radius 3 is 2.40 bits per heavy atom. The molecule has 0 saturated heterocycles. The fourth-order valence-corrected chi connectivity index (χ4v) is 2.82. The number of sulfonamides is 1. The smallest absolute Gasteiger partial charge is 0.243 e. The van der Waals surface area contributed by atoms with Gasteiger partial charge < -0.3 is 10.2 Å². The van der Waals surface area contributed by atoms with Crippen molar-refractivity contribution >= 4 is 16.0 Å². The maximum Gasteiger partial charge on any atom is 0.243 e. The molecule has 1 atom stereocenters. The highest BCUT2D eigenvalue weighted by Gasteiger charge is 2.18. The normalized spacial score (nSPS) is 13.4. The number of aromatic nitrogens is 2. The summed E-state index contributed by atoms with van der Waals surface area (Å²) >= 11 is 0. The summed E-state index contributed by atoms with van der Waals surface area (Å²) in [7, 11) is 0.210. The Labute approximate surface area is 120 Å². The van der Waals surface area contributed by atoms with Crippen LogP contribution in [-0.2, 0) is 10.0 Å². The van der Waals surface area contributed by atoms with Gasteiger partial charge in [-0.05, 0) is 27.4 Å². The Hall–Kier alpha value is -1.25. The number of anilines is 1. The van der Waals surface area contributed by atoms with E-state index in [0.717, 1.165) is 13.0 Å². The van der Waals surface area contributed by atoms with E-state index in [0.29, 0.717) is 12.5 Å². The second-order valence-corrected chi connectivity index (χ2v) is 6.67. The van der Waals surface area contributed by atoms with Crippen LogP contribution < -0.4 is 10.0 Å². The molecule has 0 fully saturated rings. The van der Waals surface area contributed by atoms with Crippen molar-refractivity contribution in [2.75, 3.05) is 32.5 Å². The van der Waals surface area contributed by atoms with Crippen LogP contribution >= 0.6 is 0 Å². The molecule has 0 bridgehead atoms. The second kappa shape index (κ2) is 7.51. The number of likely N-dealkylation sites (N-methyl/N-ethyl adjacent to an activating group) is 1. The number of hydrogen-bond donors (Lipinski definition) is 2. The Bertz CT molecular complexity index is 501. The van der Waals surface area contributed by atoms with Crippen LogP contribution in [0.3, 0.4) is 0 Å². The van der Waals surface area contributed by atoms with Gasteiger partial charge in [0, 0.05) is 19.1 Å². The average molecular weight is 301 g/mol. The Balaban J connectivity index is 2.72. The van der Waals surface area contributed by atoms with Crippen LogP contribution in [0.2, 0.25) is 0 Å². The van der Waals surface area contributed by atoms with E-state index in [4.69, 9.17) is 0 Å². The first-order valence-corrected chi connectivity index (χ1v) is 8.06. The molecule has 1 unspecified atom stereocenters. The van der Waals surface area contributed by atoms with Crippen molar-refractivity contribution in [3.8, 4) is 0 Å². The van der Waals surface area contributed by atoms with Gasteiger partial charge in [-0.15, -0.1) is 0 Å². The summed E-state index contributed by atoms with van der Waals surface area (Å²) in [5, 5.41) is 3.00. The summed E-state index contributed by atoms with van der Waals surface area (Å²) in [6.45, 7) is 5.22. The van der Waals surface area contributed by atoms with Gasteiger partial charge in [0.15, 0.2) is 0 Å². The lowest BCUT2D eigenvalue weighted by atomic mass is 10.3. The highest BCUT2D eigenvalue weighted by atomic mass is 32.2. The molecule has 1 aromatic heterocycles. The van der Waals surface area contributed by atoms with Gasteiger partial charge in [-0.2, -0.15) is 0 Å². The molecule has 0 radical (unpaired) electrons. The highest BCUT2D eigenvalue weighted by molar-refractivity contribution is 7.89. The molecular weight excluding hydrogens is 278 g/mol. The molecule has 0 aliphatic rings. The fraction of sp³-hybridized carbons (Fsp3) is 0.667. The first-order valence-electron chi connectivity index (χ1n) is 6.58. The standard InChI is InChI=1S/C12H23N5O2S/c1-5-6-13-12-14-7-11(8-15-12)20(18,19)16-10(2)9-17(3)4/h7-8,10,16H,5-6,9H2,1-4H3,(H,13,14,15). The molecule has 7 nitrogen and oxygen atoms in total. The Kier molecular flexibility index (Phi) is 6.31. The van der Waals surface area contributed by atoms with Crippen molar-refractivity contribution in [1.82, 2.24) is 19.6 Å². The van der Waals surface area contributed by atoms with Crippen LogP contribution in [0.25, 0.3) is 0 Å². The van der Waals surface area contributed by atoms with Gasteiger partial charge in [0.05, 0.1) is 12.4 Å². The van der Waals surface area contributed by atoms with E-state index >= 15 is 0 Å². The molecule has 0 aliphatic heterocycles. The van der Waals surface area contributed by atoms with Crippen LogP contribution in [0.15, 0.2) is 17.3 Å². The van der Waals surface area contributed by atoms with E-state index in [1.165, 1.54) is 12.4 Å². The lowest BCUT2D eigenvalue weighted by Gasteiger charge is -2.18. The van der Waals surface area contributed by atoms with Crippen LogP contribution in [0.5, 0.6) is 0 Å². The molecule has 114 valence electrons. The van der Waals surface area contributed by atoms with E-state index in [1.54, 1.807) is 0 Å². The predicted octanol–water partition coefficient (Wildman–Crippen LogP) is 0.527. The van der Waals surface area contributed by atoms with Gasteiger partial charge in [0.25, 0.3) is 0 Å². The predicted molar refractivity (Wildman–Crippen MR) is 79.2 cm³/mol. The van der Waals surface area contributed by atoms with Crippen molar-refractivity contribution in [3.63, 3.8) is 0 Å². The lowest BCUT2D eigenvalue weighted by Crippen LogP contribution is -2.39. The molecule has 0 aromatic carbocycles. The highest BCUT2D eigenvalue weighted by Crippen LogP contribution is 2.08. The van der Waals surface area contributed by atoms with Gasteiger partial charge in [-0.25, -0.2) is 23.1 Å². The van der Waals surface area contributed by atoms with Crippen molar-refractivity contribution in [2.24, 2.45) is 0 Å². The zero-order valence-electron chi connectivity index (χ0n) is 12.4. The maximum atomic E-state index is 12.1. The molecule has 0 amide bonds. The minimum absolute atomic E-state index is 0.0742. The molecule has 1 aromatic rings. The minimum atomic E-state index is -3.57. The van der Waals surface area contributed by atoms with Gasteiger partial charge in [-0.3, -0.25) is 0 Å².